The summed E-state index contributed by atoms with van der Waals surface area (Å²) in [7, 11) is 0. The Balaban J connectivity index is 1.52. The number of aryl methyl sites for hydroxylation is 1. The molecule has 0 spiro atoms. The van der Waals surface area contributed by atoms with Crippen LogP contribution in [0.5, 0.6) is 5.75 Å². The van der Waals surface area contributed by atoms with Gasteiger partial charge >= 0.3 is 0 Å². The van der Waals surface area contributed by atoms with Crippen molar-refractivity contribution in [3.8, 4) is 5.75 Å². The predicted molar refractivity (Wildman–Crippen MR) is 117 cm³/mol. The lowest BCUT2D eigenvalue weighted by Gasteiger charge is -2.31. The topological polar surface area (TPSA) is 62.7 Å². The molecule has 1 fully saturated rings. The molecule has 2 aromatic carbocycles. The van der Waals surface area contributed by atoms with Gasteiger partial charge in [-0.25, -0.2) is 0 Å². The van der Waals surface area contributed by atoms with Crippen LogP contribution < -0.4 is 9.64 Å². The van der Waals surface area contributed by atoms with Crippen molar-refractivity contribution in [2.24, 2.45) is 0 Å². The molecule has 2 atom stereocenters. The van der Waals surface area contributed by atoms with Crippen molar-refractivity contribution in [1.29, 1.82) is 0 Å². The molecule has 1 saturated heterocycles. The Morgan fingerprint density at radius 1 is 1.10 bits per heavy atom. The first-order valence-electron chi connectivity index (χ1n) is 10.4. The van der Waals surface area contributed by atoms with Crippen LogP contribution in [0, 0.1) is 6.92 Å². The van der Waals surface area contributed by atoms with Crippen molar-refractivity contribution in [2.45, 2.75) is 32.0 Å². The van der Waals surface area contributed by atoms with Crippen molar-refractivity contribution in [3.63, 3.8) is 0 Å². The van der Waals surface area contributed by atoms with Crippen LogP contribution in [-0.4, -0.2) is 40.4 Å². The second-order valence-electron chi connectivity index (χ2n) is 8.07. The Bertz CT molecular complexity index is 1110. The van der Waals surface area contributed by atoms with Crippen molar-refractivity contribution in [2.75, 3.05) is 11.4 Å². The number of anilines is 1. The van der Waals surface area contributed by atoms with E-state index < -0.39 is 6.04 Å². The van der Waals surface area contributed by atoms with Gasteiger partial charge in [0.15, 0.2) is 0 Å². The van der Waals surface area contributed by atoms with Crippen LogP contribution in [0.1, 0.15) is 27.9 Å². The van der Waals surface area contributed by atoms with Crippen LogP contribution >= 0.6 is 0 Å². The first-order chi connectivity index (χ1) is 15.1. The van der Waals surface area contributed by atoms with Crippen LogP contribution in [-0.2, 0) is 11.3 Å². The molecule has 3 heterocycles. The molecule has 3 aromatic rings. The normalized spacial score (nSPS) is 20.0. The average Bonchev–Trinajstić information content (AvgIpc) is 3.22. The molecule has 2 aliphatic heterocycles. The maximum atomic E-state index is 13.8. The number of hydrogen-bond donors (Lipinski definition) is 0. The highest BCUT2D eigenvalue weighted by Gasteiger charge is 2.45. The maximum absolute atomic E-state index is 13.8. The fraction of sp³-hybridized carbons (Fsp3) is 0.240. The maximum Gasteiger partial charge on any atom is 0.254 e. The third kappa shape index (κ3) is 3.65. The van der Waals surface area contributed by atoms with Crippen LogP contribution in [0.3, 0.4) is 0 Å². The zero-order valence-corrected chi connectivity index (χ0v) is 17.3. The molecule has 2 aliphatic rings. The van der Waals surface area contributed by atoms with Crippen molar-refractivity contribution in [3.05, 3.63) is 89.7 Å². The highest BCUT2D eigenvalue weighted by molar-refractivity contribution is 6.03. The van der Waals surface area contributed by atoms with Gasteiger partial charge in [0.25, 0.3) is 5.91 Å². The fourth-order valence-corrected chi connectivity index (χ4v) is 4.30. The van der Waals surface area contributed by atoms with E-state index in [0.29, 0.717) is 30.8 Å². The number of carbonyl (C=O) groups excluding carboxylic acids is 2. The summed E-state index contributed by atoms with van der Waals surface area (Å²) in [4.78, 5) is 34.6. The molecular formula is C25H23N3O3. The van der Waals surface area contributed by atoms with Crippen molar-refractivity contribution >= 4 is 17.5 Å². The summed E-state index contributed by atoms with van der Waals surface area (Å²) in [6.07, 6.45) is 3.72. The number of fused-ring (bicyclic) bond motifs is 3. The smallest absolute Gasteiger partial charge is 0.254 e. The summed E-state index contributed by atoms with van der Waals surface area (Å²) in [6.45, 7) is 2.73. The zero-order valence-electron chi connectivity index (χ0n) is 17.3. The van der Waals surface area contributed by atoms with Gasteiger partial charge in [0.2, 0.25) is 5.91 Å². The first-order valence-corrected chi connectivity index (χ1v) is 10.4. The first kappa shape index (κ1) is 19.3. The highest BCUT2D eigenvalue weighted by Crippen LogP contribution is 2.37. The number of para-hydroxylation sites is 2. The molecule has 2 bridgehead atoms. The van der Waals surface area contributed by atoms with E-state index in [4.69, 9.17) is 4.74 Å². The average molecular weight is 413 g/mol. The third-order valence-corrected chi connectivity index (χ3v) is 5.89. The number of amides is 2. The van der Waals surface area contributed by atoms with E-state index >= 15 is 0 Å². The number of aromatic nitrogens is 1. The highest BCUT2D eigenvalue weighted by atomic mass is 16.5. The molecule has 0 N–H and O–H groups in total. The zero-order chi connectivity index (χ0) is 21.4. The lowest BCUT2D eigenvalue weighted by Crippen LogP contribution is -2.47. The van der Waals surface area contributed by atoms with E-state index in [2.05, 4.69) is 4.98 Å². The van der Waals surface area contributed by atoms with Crippen LogP contribution in [0.15, 0.2) is 73.1 Å². The molecule has 1 aromatic heterocycles. The Morgan fingerprint density at radius 2 is 1.90 bits per heavy atom. The van der Waals surface area contributed by atoms with E-state index in [1.807, 2.05) is 67.6 Å². The Kier molecular flexibility index (Phi) is 4.90. The lowest BCUT2D eigenvalue weighted by atomic mass is 10.1. The number of rotatable bonds is 3. The van der Waals surface area contributed by atoms with Crippen LogP contribution in [0.25, 0.3) is 0 Å². The minimum atomic E-state index is -0.566. The van der Waals surface area contributed by atoms with Gasteiger partial charge in [-0.15, -0.1) is 0 Å². The number of ether oxygens (including phenoxy) is 1. The van der Waals surface area contributed by atoms with Crippen LogP contribution in [0.4, 0.5) is 5.69 Å². The van der Waals surface area contributed by atoms with Gasteiger partial charge in [-0.1, -0.05) is 35.9 Å². The van der Waals surface area contributed by atoms with Gasteiger partial charge in [-0.3, -0.25) is 14.6 Å². The monoisotopic (exact) mass is 413 g/mol. The summed E-state index contributed by atoms with van der Waals surface area (Å²) >= 11 is 0. The molecule has 0 radical (unpaired) electrons. The second-order valence-corrected chi connectivity index (χ2v) is 8.07. The fourth-order valence-electron chi connectivity index (χ4n) is 4.30. The third-order valence-electron chi connectivity index (χ3n) is 5.89. The van der Waals surface area contributed by atoms with Crippen molar-refractivity contribution in [1.82, 2.24) is 9.88 Å². The quantitative estimate of drug-likeness (QED) is 0.658. The Morgan fingerprint density at radius 3 is 2.68 bits per heavy atom. The van der Waals surface area contributed by atoms with E-state index in [0.717, 1.165) is 16.8 Å². The molecule has 31 heavy (non-hydrogen) atoms. The number of likely N-dealkylation sites (tertiary alicyclic amines) is 1. The molecule has 0 saturated carbocycles. The van der Waals surface area contributed by atoms with Gasteiger partial charge in [0.05, 0.1) is 18.8 Å². The van der Waals surface area contributed by atoms with Gasteiger partial charge in [-0.05, 0) is 42.8 Å². The van der Waals surface area contributed by atoms with E-state index in [1.165, 1.54) is 0 Å². The molecule has 5 rings (SSSR count). The number of nitrogens with zero attached hydrogens (tertiary/aromatic N) is 3. The molecule has 2 unspecified atom stereocenters. The van der Waals surface area contributed by atoms with Gasteiger partial charge < -0.3 is 14.5 Å². The molecule has 6 heteroatoms. The minimum Gasteiger partial charge on any atom is -0.486 e. The lowest BCUT2D eigenvalue weighted by molar-refractivity contribution is -0.122. The number of pyridine rings is 1. The Labute approximate surface area is 181 Å². The molecule has 6 nitrogen and oxygen atoms in total. The van der Waals surface area contributed by atoms with Gasteiger partial charge in [0, 0.05) is 24.4 Å². The summed E-state index contributed by atoms with van der Waals surface area (Å²) in [5.41, 5.74) is 3.30. The SMILES string of the molecule is Cc1ccc(C(=O)N2CC3CC2C(=O)N(Cc2cccnc2)c2ccccc2O3)cc1. The molecule has 2 amide bonds. The summed E-state index contributed by atoms with van der Waals surface area (Å²) in [5, 5.41) is 0. The van der Waals surface area contributed by atoms with Crippen LogP contribution in [0.2, 0.25) is 0 Å². The number of benzene rings is 2. The predicted octanol–water partition coefficient (Wildman–Crippen LogP) is 3.60. The van der Waals surface area contributed by atoms with Gasteiger partial charge in [-0.2, -0.15) is 0 Å². The standard InChI is InChI=1S/C25H23N3O3/c1-17-8-10-19(11-9-17)24(29)28-16-20-13-22(28)25(30)27(15-18-5-4-12-26-14-18)21-6-2-3-7-23(21)31-20/h2-12,14,20,22H,13,15-16H2,1H3. The summed E-state index contributed by atoms with van der Waals surface area (Å²) < 4.78 is 6.28. The van der Waals surface area contributed by atoms with E-state index in [-0.39, 0.29) is 17.9 Å². The molecule has 156 valence electrons. The van der Waals surface area contributed by atoms with Crippen molar-refractivity contribution < 1.29 is 14.3 Å². The Hall–Kier alpha value is -3.67. The largest absolute Gasteiger partial charge is 0.486 e. The molecular weight excluding hydrogens is 390 g/mol. The minimum absolute atomic E-state index is 0.0948. The van der Waals surface area contributed by atoms with E-state index in [9.17, 15) is 9.59 Å². The summed E-state index contributed by atoms with van der Waals surface area (Å²) in [5.74, 6) is 0.423. The van der Waals surface area contributed by atoms with E-state index in [1.54, 1.807) is 22.2 Å². The summed E-state index contributed by atoms with van der Waals surface area (Å²) in [6, 6.07) is 18.2. The second kappa shape index (κ2) is 7.87. The van der Waals surface area contributed by atoms with Gasteiger partial charge in [0.1, 0.15) is 17.9 Å². The number of hydrogen-bond acceptors (Lipinski definition) is 4. The number of carbonyl (C=O) groups is 2. The molecule has 0 aliphatic carbocycles.